The Bertz CT molecular complexity index is 606. The molecule has 0 bridgehead atoms. The first-order valence-corrected chi connectivity index (χ1v) is 11.5. The van der Waals surface area contributed by atoms with E-state index in [2.05, 4.69) is 12.2 Å². The number of aliphatic hydroxyl groups excluding tert-OH is 2. The zero-order chi connectivity index (χ0) is 20.9. The highest BCUT2D eigenvalue weighted by Gasteiger charge is 2.57. The Hall–Kier alpha value is -1.17. The molecule has 5 heteroatoms. The van der Waals surface area contributed by atoms with E-state index in [1.54, 1.807) is 7.11 Å². The molecule has 3 rings (SSSR count). The van der Waals surface area contributed by atoms with Crippen LogP contribution in [0.1, 0.15) is 77.0 Å². The SMILES string of the molecule is CO[C@@]12CC[C@H](O)[C@@H](C=CC(O)C3CCCCC3)[C@@H]1CC2=CCCCCC(=O)O. The van der Waals surface area contributed by atoms with Crippen LogP contribution in [0.5, 0.6) is 0 Å². The molecule has 5 atom stereocenters. The van der Waals surface area contributed by atoms with Crippen molar-refractivity contribution >= 4 is 5.97 Å². The van der Waals surface area contributed by atoms with Gasteiger partial charge in [0.05, 0.1) is 17.8 Å². The maximum atomic E-state index is 10.6. The summed E-state index contributed by atoms with van der Waals surface area (Å²) in [7, 11) is 1.76. The van der Waals surface area contributed by atoms with Gasteiger partial charge < -0.3 is 20.1 Å². The van der Waals surface area contributed by atoms with Crippen LogP contribution in [0.4, 0.5) is 0 Å². The van der Waals surface area contributed by atoms with Gasteiger partial charge in [0.15, 0.2) is 0 Å². The van der Waals surface area contributed by atoms with Gasteiger partial charge in [-0.05, 0) is 62.9 Å². The number of hydrogen-bond acceptors (Lipinski definition) is 4. The van der Waals surface area contributed by atoms with Crippen molar-refractivity contribution in [1.82, 2.24) is 0 Å². The summed E-state index contributed by atoms with van der Waals surface area (Å²) in [4.78, 5) is 10.6. The molecule has 3 aliphatic carbocycles. The second-order valence-electron chi connectivity index (χ2n) is 9.23. The summed E-state index contributed by atoms with van der Waals surface area (Å²) in [5.41, 5.74) is 1.01. The molecule has 0 radical (unpaired) electrons. The third kappa shape index (κ3) is 5.12. The van der Waals surface area contributed by atoms with Crippen molar-refractivity contribution in [2.24, 2.45) is 17.8 Å². The van der Waals surface area contributed by atoms with E-state index in [4.69, 9.17) is 9.84 Å². The summed E-state index contributed by atoms with van der Waals surface area (Å²) in [6.45, 7) is 0. The lowest BCUT2D eigenvalue weighted by molar-refractivity contribution is -0.140. The zero-order valence-corrected chi connectivity index (χ0v) is 17.8. The maximum Gasteiger partial charge on any atom is 0.303 e. The van der Waals surface area contributed by atoms with E-state index in [0.717, 1.165) is 38.5 Å². The molecule has 3 aliphatic rings. The van der Waals surface area contributed by atoms with Crippen LogP contribution in [0.3, 0.4) is 0 Å². The molecule has 1 unspecified atom stereocenters. The summed E-state index contributed by atoms with van der Waals surface area (Å²) < 4.78 is 6.02. The number of unbranched alkanes of at least 4 members (excludes halogenated alkanes) is 2. The monoisotopic (exact) mass is 406 g/mol. The molecule has 0 aromatic carbocycles. The molecule has 164 valence electrons. The fraction of sp³-hybridized carbons (Fsp3) is 0.792. The Morgan fingerprint density at radius 2 is 2.00 bits per heavy atom. The molecular formula is C24H38O5. The van der Waals surface area contributed by atoms with Gasteiger partial charge in [-0.1, -0.05) is 37.5 Å². The highest BCUT2D eigenvalue weighted by atomic mass is 16.5. The van der Waals surface area contributed by atoms with Crippen LogP contribution in [0.25, 0.3) is 0 Å². The smallest absolute Gasteiger partial charge is 0.303 e. The summed E-state index contributed by atoms with van der Waals surface area (Å²) in [5, 5.41) is 30.0. The van der Waals surface area contributed by atoms with Gasteiger partial charge in [0.25, 0.3) is 0 Å². The highest BCUT2D eigenvalue weighted by molar-refractivity contribution is 5.66. The van der Waals surface area contributed by atoms with Gasteiger partial charge in [-0.2, -0.15) is 0 Å². The van der Waals surface area contributed by atoms with Crippen LogP contribution in [0.2, 0.25) is 0 Å². The van der Waals surface area contributed by atoms with Gasteiger partial charge in [0, 0.05) is 25.4 Å². The molecule has 0 aliphatic heterocycles. The van der Waals surface area contributed by atoms with Crippen molar-refractivity contribution < 1.29 is 24.9 Å². The molecule has 0 spiro atoms. The fourth-order valence-corrected chi connectivity index (χ4v) is 5.77. The maximum absolute atomic E-state index is 10.6. The summed E-state index contributed by atoms with van der Waals surface area (Å²) in [5.74, 6) is -0.112. The van der Waals surface area contributed by atoms with Crippen molar-refractivity contribution in [2.75, 3.05) is 7.11 Å². The molecule has 0 aromatic heterocycles. The topological polar surface area (TPSA) is 87.0 Å². The Balaban J connectivity index is 1.60. The van der Waals surface area contributed by atoms with Gasteiger partial charge in [-0.15, -0.1) is 0 Å². The van der Waals surface area contributed by atoms with Gasteiger partial charge in [-0.25, -0.2) is 0 Å². The van der Waals surface area contributed by atoms with Crippen molar-refractivity contribution in [1.29, 1.82) is 0 Å². The van der Waals surface area contributed by atoms with Crippen LogP contribution in [0, 0.1) is 17.8 Å². The normalized spacial score (nSPS) is 35.4. The van der Waals surface area contributed by atoms with Gasteiger partial charge in [0.2, 0.25) is 0 Å². The lowest BCUT2D eigenvalue weighted by atomic mass is 9.53. The molecule has 0 amide bonds. The molecule has 29 heavy (non-hydrogen) atoms. The van der Waals surface area contributed by atoms with E-state index in [-0.39, 0.29) is 30.0 Å². The summed E-state index contributed by atoms with van der Waals surface area (Å²) in [6, 6.07) is 0. The standard InChI is InChI=1S/C24H38O5/c1-29-24-15-14-22(26)19(12-13-21(25)17-8-4-2-5-9-17)20(24)16-18(24)10-6-3-7-11-23(27)28/h10,12-13,17,19-22,25-26H,2-9,11,14-16H2,1H3,(H,27,28)/t19-,20-,21?,22-,24+/m0/s1. The number of methoxy groups -OCH3 is 1. The molecule has 3 fully saturated rings. The predicted molar refractivity (Wildman–Crippen MR) is 112 cm³/mol. The minimum Gasteiger partial charge on any atom is -0.481 e. The minimum absolute atomic E-state index is 0.0195. The molecule has 0 saturated heterocycles. The number of rotatable bonds is 9. The number of carboxylic acids is 1. The largest absolute Gasteiger partial charge is 0.481 e. The van der Waals surface area contributed by atoms with Crippen LogP contribution in [-0.2, 0) is 9.53 Å². The zero-order valence-electron chi connectivity index (χ0n) is 17.8. The lowest BCUT2D eigenvalue weighted by Gasteiger charge is -2.58. The van der Waals surface area contributed by atoms with Gasteiger partial charge >= 0.3 is 5.97 Å². The first-order chi connectivity index (χ1) is 14.0. The predicted octanol–water partition coefficient (Wildman–Crippen LogP) is 4.23. The van der Waals surface area contributed by atoms with E-state index in [0.29, 0.717) is 18.8 Å². The van der Waals surface area contributed by atoms with Crippen molar-refractivity contribution in [3.8, 4) is 0 Å². The second kappa shape index (κ2) is 10.2. The third-order valence-electron chi connectivity index (χ3n) is 7.57. The molecular weight excluding hydrogens is 368 g/mol. The number of fused-ring (bicyclic) bond motifs is 1. The minimum atomic E-state index is -0.735. The van der Waals surface area contributed by atoms with Crippen LogP contribution < -0.4 is 0 Å². The molecule has 0 heterocycles. The Kier molecular flexibility index (Phi) is 7.94. The Morgan fingerprint density at radius 3 is 2.69 bits per heavy atom. The van der Waals surface area contributed by atoms with Gasteiger partial charge in [-0.3, -0.25) is 4.79 Å². The van der Waals surface area contributed by atoms with Crippen LogP contribution >= 0.6 is 0 Å². The first kappa shape index (κ1) is 22.5. The van der Waals surface area contributed by atoms with Crippen LogP contribution in [0.15, 0.2) is 23.8 Å². The van der Waals surface area contributed by atoms with Crippen LogP contribution in [-0.4, -0.2) is 46.2 Å². The number of hydrogen-bond donors (Lipinski definition) is 3. The van der Waals surface area contributed by atoms with E-state index < -0.39 is 12.1 Å². The highest BCUT2D eigenvalue weighted by Crippen LogP contribution is 2.57. The van der Waals surface area contributed by atoms with Crippen molar-refractivity contribution in [2.45, 2.75) is 94.9 Å². The Morgan fingerprint density at radius 1 is 1.24 bits per heavy atom. The number of carbonyl (C=O) groups is 1. The molecule has 3 saturated carbocycles. The molecule has 5 nitrogen and oxygen atoms in total. The third-order valence-corrected chi connectivity index (χ3v) is 7.57. The average molecular weight is 407 g/mol. The molecule has 3 N–H and O–H groups in total. The first-order valence-electron chi connectivity index (χ1n) is 11.5. The van der Waals surface area contributed by atoms with E-state index in [1.165, 1.54) is 24.8 Å². The molecule has 0 aromatic rings. The average Bonchev–Trinajstić information content (AvgIpc) is 2.71. The summed E-state index contributed by atoms with van der Waals surface area (Å²) in [6.07, 6.45) is 16.4. The van der Waals surface area contributed by atoms with Gasteiger partial charge in [0.1, 0.15) is 0 Å². The van der Waals surface area contributed by atoms with E-state index in [1.807, 2.05) is 6.08 Å². The Labute approximate surface area is 174 Å². The fourth-order valence-electron chi connectivity index (χ4n) is 5.77. The number of ether oxygens (including phenoxy) is 1. The number of aliphatic hydroxyl groups is 2. The second-order valence-corrected chi connectivity index (χ2v) is 9.23. The van der Waals surface area contributed by atoms with E-state index >= 15 is 0 Å². The quantitative estimate of drug-likeness (QED) is 0.394. The number of aliphatic carboxylic acids is 1. The number of carboxylic acid groups (broad SMARTS) is 1. The van der Waals surface area contributed by atoms with Crippen molar-refractivity contribution in [3.63, 3.8) is 0 Å². The van der Waals surface area contributed by atoms with E-state index in [9.17, 15) is 15.0 Å². The van der Waals surface area contributed by atoms with Crippen molar-refractivity contribution in [3.05, 3.63) is 23.8 Å². The lowest BCUT2D eigenvalue weighted by Crippen LogP contribution is -2.59. The summed E-state index contributed by atoms with van der Waals surface area (Å²) >= 11 is 0. The number of allylic oxidation sites excluding steroid dienone is 1.